The monoisotopic (exact) mass is 238 g/mol. The van der Waals surface area contributed by atoms with E-state index in [4.69, 9.17) is 0 Å². The Morgan fingerprint density at radius 3 is 2.59 bits per heavy atom. The van der Waals surface area contributed by atoms with Gasteiger partial charge in [-0.25, -0.2) is 0 Å². The van der Waals surface area contributed by atoms with Crippen LogP contribution in [0, 0.1) is 5.92 Å². The largest absolute Gasteiger partial charge is 0.313 e. The van der Waals surface area contributed by atoms with Gasteiger partial charge in [-0.05, 0) is 38.1 Å². The fraction of sp³-hybridized carbons (Fsp3) is 1.00. The third-order valence-electron chi connectivity index (χ3n) is 4.46. The number of piperidine rings is 1. The van der Waals surface area contributed by atoms with Gasteiger partial charge in [0.15, 0.2) is 0 Å². The molecular weight excluding hydrogens is 208 g/mol. The molecule has 1 aliphatic carbocycles. The fourth-order valence-corrected chi connectivity index (χ4v) is 3.63. The number of hydrogen-bond donors (Lipinski definition) is 1. The van der Waals surface area contributed by atoms with Crippen molar-refractivity contribution < 1.29 is 0 Å². The Kier molecular flexibility index (Phi) is 5.30. The van der Waals surface area contributed by atoms with Crippen LogP contribution in [0.3, 0.4) is 0 Å². The summed E-state index contributed by atoms with van der Waals surface area (Å²) in [5.41, 5.74) is 0. The van der Waals surface area contributed by atoms with Crippen LogP contribution >= 0.6 is 0 Å². The van der Waals surface area contributed by atoms with E-state index in [9.17, 15) is 0 Å². The first kappa shape index (κ1) is 13.4. The molecule has 0 amide bonds. The summed E-state index contributed by atoms with van der Waals surface area (Å²) in [6.45, 7) is 8.52. The lowest BCUT2D eigenvalue weighted by molar-refractivity contribution is 0.0831. The van der Waals surface area contributed by atoms with Gasteiger partial charge in [0.2, 0.25) is 0 Å². The van der Waals surface area contributed by atoms with Gasteiger partial charge in [-0.2, -0.15) is 0 Å². The Hall–Kier alpha value is -0.0800. The van der Waals surface area contributed by atoms with Crippen molar-refractivity contribution in [3.05, 3.63) is 0 Å². The van der Waals surface area contributed by atoms with E-state index < -0.39 is 0 Å². The van der Waals surface area contributed by atoms with Crippen LogP contribution in [0.15, 0.2) is 0 Å². The minimum Gasteiger partial charge on any atom is -0.313 e. The highest BCUT2D eigenvalue weighted by Crippen LogP contribution is 2.27. The maximum absolute atomic E-state index is 3.73. The zero-order valence-corrected chi connectivity index (χ0v) is 11.8. The standard InChI is InChI=1S/C15H30N2/c1-3-9-16-14-10-13(2)11-17(12-14)15-7-5-4-6-8-15/h13-16H,3-12H2,1-2H3. The molecule has 0 aromatic carbocycles. The van der Waals surface area contributed by atoms with Gasteiger partial charge in [0, 0.05) is 25.2 Å². The Bertz CT molecular complexity index is 211. The van der Waals surface area contributed by atoms with Gasteiger partial charge >= 0.3 is 0 Å². The molecule has 0 aromatic rings. The Morgan fingerprint density at radius 2 is 1.88 bits per heavy atom. The molecule has 2 nitrogen and oxygen atoms in total. The third kappa shape index (κ3) is 3.96. The number of nitrogens with zero attached hydrogens (tertiary/aromatic N) is 1. The Labute approximate surface area is 107 Å². The second kappa shape index (κ2) is 6.75. The summed E-state index contributed by atoms with van der Waals surface area (Å²) in [6, 6.07) is 1.65. The average molecular weight is 238 g/mol. The van der Waals surface area contributed by atoms with Crippen molar-refractivity contribution in [1.29, 1.82) is 0 Å². The van der Waals surface area contributed by atoms with Crippen molar-refractivity contribution in [2.24, 2.45) is 5.92 Å². The van der Waals surface area contributed by atoms with Crippen molar-refractivity contribution in [2.75, 3.05) is 19.6 Å². The number of hydrogen-bond acceptors (Lipinski definition) is 2. The summed E-state index contributed by atoms with van der Waals surface area (Å²) >= 11 is 0. The first-order valence-corrected chi connectivity index (χ1v) is 7.77. The van der Waals surface area contributed by atoms with E-state index in [1.54, 1.807) is 0 Å². The number of rotatable bonds is 4. The molecule has 0 radical (unpaired) electrons. The van der Waals surface area contributed by atoms with Crippen molar-refractivity contribution in [3.63, 3.8) is 0 Å². The average Bonchev–Trinajstić information content (AvgIpc) is 2.37. The summed E-state index contributed by atoms with van der Waals surface area (Å²) in [4.78, 5) is 2.79. The van der Waals surface area contributed by atoms with Gasteiger partial charge < -0.3 is 5.32 Å². The smallest absolute Gasteiger partial charge is 0.0198 e. The maximum Gasteiger partial charge on any atom is 0.0198 e. The van der Waals surface area contributed by atoms with Crippen molar-refractivity contribution in [2.45, 2.75) is 70.9 Å². The van der Waals surface area contributed by atoms with Crippen LogP contribution in [0.25, 0.3) is 0 Å². The third-order valence-corrected chi connectivity index (χ3v) is 4.46. The van der Waals surface area contributed by atoms with Crippen LogP contribution in [0.1, 0.15) is 58.8 Å². The van der Waals surface area contributed by atoms with Gasteiger partial charge in [-0.3, -0.25) is 4.90 Å². The molecule has 2 heteroatoms. The molecule has 1 saturated carbocycles. The second-order valence-electron chi connectivity index (χ2n) is 6.24. The molecular formula is C15H30N2. The summed E-state index contributed by atoms with van der Waals surface area (Å²) in [5.74, 6) is 0.875. The van der Waals surface area contributed by atoms with Gasteiger partial charge in [0.25, 0.3) is 0 Å². The van der Waals surface area contributed by atoms with Gasteiger partial charge in [-0.1, -0.05) is 33.1 Å². The lowest BCUT2D eigenvalue weighted by Crippen LogP contribution is -2.52. The minimum absolute atomic E-state index is 0.751. The van der Waals surface area contributed by atoms with E-state index in [0.717, 1.165) is 18.0 Å². The van der Waals surface area contributed by atoms with Crippen LogP contribution < -0.4 is 5.32 Å². The molecule has 100 valence electrons. The Morgan fingerprint density at radius 1 is 1.12 bits per heavy atom. The van der Waals surface area contributed by atoms with E-state index in [-0.39, 0.29) is 0 Å². The maximum atomic E-state index is 3.73. The van der Waals surface area contributed by atoms with Crippen molar-refractivity contribution >= 4 is 0 Å². The molecule has 2 rings (SSSR count). The molecule has 1 saturated heterocycles. The summed E-state index contributed by atoms with van der Waals surface area (Å²) in [6.07, 6.45) is 9.93. The molecule has 17 heavy (non-hydrogen) atoms. The predicted molar refractivity (Wildman–Crippen MR) is 74.3 cm³/mol. The van der Waals surface area contributed by atoms with Gasteiger partial charge in [0.1, 0.15) is 0 Å². The number of likely N-dealkylation sites (tertiary alicyclic amines) is 1. The summed E-state index contributed by atoms with van der Waals surface area (Å²) in [5, 5.41) is 3.73. The minimum atomic E-state index is 0.751. The van der Waals surface area contributed by atoms with Crippen molar-refractivity contribution in [1.82, 2.24) is 10.2 Å². The highest BCUT2D eigenvalue weighted by Gasteiger charge is 2.29. The van der Waals surface area contributed by atoms with Crippen molar-refractivity contribution in [3.8, 4) is 0 Å². The highest BCUT2D eigenvalue weighted by atomic mass is 15.2. The normalized spacial score (nSPS) is 32.8. The quantitative estimate of drug-likeness (QED) is 0.810. The first-order chi connectivity index (χ1) is 8.29. The van der Waals surface area contributed by atoms with Gasteiger partial charge in [0.05, 0.1) is 0 Å². The molecule has 0 spiro atoms. The van der Waals surface area contributed by atoms with E-state index in [2.05, 4.69) is 24.1 Å². The lowest BCUT2D eigenvalue weighted by atomic mass is 9.89. The summed E-state index contributed by atoms with van der Waals surface area (Å²) < 4.78 is 0. The van der Waals surface area contributed by atoms with E-state index in [0.29, 0.717) is 0 Å². The zero-order valence-electron chi connectivity index (χ0n) is 11.8. The van der Waals surface area contributed by atoms with Crippen LogP contribution in [-0.2, 0) is 0 Å². The molecule has 0 bridgehead atoms. The molecule has 1 heterocycles. The lowest BCUT2D eigenvalue weighted by Gasteiger charge is -2.42. The Balaban J connectivity index is 1.83. The van der Waals surface area contributed by atoms with E-state index in [1.807, 2.05) is 0 Å². The second-order valence-corrected chi connectivity index (χ2v) is 6.24. The fourth-order valence-electron chi connectivity index (χ4n) is 3.63. The van der Waals surface area contributed by atoms with Crippen LogP contribution in [0.5, 0.6) is 0 Å². The van der Waals surface area contributed by atoms with Crippen LogP contribution in [-0.4, -0.2) is 36.6 Å². The highest BCUT2D eigenvalue weighted by molar-refractivity contribution is 4.86. The van der Waals surface area contributed by atoms with Gasteiger partial charge in [-0.15, -0.1) is 0 Å². The topological polar surface area (TPSA) is 15.3 Å². The number of nitrogens with one attached hydrogen (secondary N) is 1. The molecule has 1 aliphatic heterocycles. The van der Waals surface area contributed by atoms with Crippen LogP contribution in [0.2, 0.25) is 0 Å². The zero-order chi connectivity index (χ0) is 12.1. The van der Waals surface area contributed by atoms with E-state index in [1.165, 1.54) is 64.6 Å². The molecule has 0 aromatic heterocycles. The summed E-state index contributed by atoms with van der Waals surface area (Å²) in [7, 11) is 0. The molecule has 2 fully saturated rings. The van der Waals surface area contributed by atoms with Crippen LogP contribution in [0.4, 0.5) is 0 Å². The SMILES string of the molecule is CCCNC1CC(C)CN(C2CCCCC2)C1. The predicted octanol–water partition coefficient (Wildman–Crippen LogP) is 3.03. The molecule has 2 unspecified atom stereocenters. The molecule has 2 aliphatic rings. The molecule has 1 N–H and O–H groups in total. The van der Waals surface area contributed by atoms with E-state index >= 15 is 0 Å². The molecule has 2 atom stereocenters. The first-order valence-electron chi connectivity index (χ1n) is 7.77.